The third-order valence-corrected chi connectivity index (χ3v) is 5.29. The molecule has 1 N–H and O–H groups in total. The maximum absolute atomic E-state index is 13.5. The third kappa shape index (κ3) is 4.36. The topological polar surface area (TPSA) is 89.3 Å². The van der Waals surface area contributed by atoms with Gasteiger partial charge in [-0.05, 0) is 43.7 Å². The Hall–Kier alpha value is -4.15. The van der Waals surface area contributed by atoms with Crippen molar-refractivity contribution in [3.8, 4) is 0 Å². The van der Waals surface area contributed by atoms with Crippen LogP contribution in [-0.2, 0) is 14.3 Å². The smallest absolute Gasteiger partial charge is 0.338 e. The Balaban J connectivity index is 1.71. The number of allylic oxidation sites excluding steroid dienone is 1. The van der Waals surface area contributed by atoms with Gasteiger partial charge in [0.1, 0.15) is 24.7 Å². The van der Waals surface area contributed by atoms with E-state index in [0.717, 1.165) is 12.1 Å². The average Bonchev–Trinajstić information content (AvgIpc) is 3.28. The number of halogens is 3. The number of ether oxygens (including phenoxy) is 1. The highest BCUT2D eigenvalue weighted by molar-refractivity contribution is 5.96. The summed E-state index contributed by atoms with van der Waals surface area (Å²) in [5.41, 5.74) is 1.22. The van der Waals surface area contributed by atoms with Crippen molar-refractivity contribution in [1.29, 1.82) is 0 Å². The van der Waals surface area contributed by atoms with Gasteiger partial charge in [-0.2, -0.15) is 10.1 Å². The van der Waals surface area contributed by atoms with Gasteiger partial charge in [-0.3, -0.25) is 4.79 Å². The zero-order valence-electron chi connectivity index (χ0n) is 18.3. The van der Waals surface area contributed by atoms with E-state index < -0.39 is 35.4 Å². The second-order valence-electron chi connectivity index (χ2n) is 7.44. The number of amides is 1. The first-order valence-electron chi connectivity index (χ1n) is 10.4. The molecule has 0 bridgehead atoms. The van der Waals surface area contributed by atoms with Gasteiger partial charge in [0.15, 0.2) is 11.6 Å². The first-order valence-corrected chi connectivity index (χ1v) is 10.4. The Kier molecular flexibility index (Phi) is 6.35. The van der Waals surface area contributed by atoms with E-state index in [2.05, 4.69) is 15.4 Å². The number of anilines is 2. The summed E-state index contributed by atoms with van der Waals surface area (Å²) >= 11 is 0. The highest BCUT2D eigenvalue weighted by Gasteiger charge is 2.38. The lowest BCUT2D eigenvalue weighted by Gasteiger charge is -2.35. The molecule has 0 saturated carbocycles. The number of carbonyl (C=O) groups excluding carboxylic acids is 2. The van der Waals surface area contributed by atoms with Crippen LogP contribution in [-0.4, -0.2) is 39.8 Å². The molecule has 0 radical (unpaired) electrons. The molecule has 4 rings (SSSR count). The molecular weight excluding hydrogens is 451 g/mol. The van der Waals surface area contributed by atoms with Gasteiger partial charge in [-0.1, -0.05) is 12.1 Å². The number of hydrogen-bond acceptors (Lipinski definition) is 6. The van der Waals surface area contributed by atoms with Crippen LogP contribution in [0.2, 0.25) is 0 Å². The maximum atomic E-state index is 13.5. The number of hydrogen-bond donors (Lipinski definition) is 1. The van der Waals surface area contributed by atoms with E-state index in [0.29, 0.717) is 11.3 Å². The molecule has 1 atom stereocenters. The summed E-state index contributed by atoms with van der Waals surface area (Å²) < 4.78 is 46.9. The minimum Gasteiger partial charge on any atom is -0.463 e. The van der Waals surface area contributed by atoms with Crippen molar-refractivity contribution in [3.63, 3.8) is 0 Å². The normalized spacial score (nSPS) is 15.2. The van der Waals surface area contributed by atoms with Crippen molar-refractivity contribution in [1.82, 2.24) is 14.8 Å². The fourth-order valence-electron chi connectivity index (χ4n) is 3.76. The number of carbonyl (C=O) groups is 2. The van der Waals surface area contributed by atoms with Gasteiger partial charge in [0.25, 0.3) is 0 Å². The number of aromatic nitrogens is 3. The van der Waals surface area contributed by atoms with Crippen molar-refractivity contribution in [2.45, 2.75) is 19.9 Å². The van der Waals surface area contributed by atoms with Crippen LogP contribution in [0.4, 0.5) is 24.8 Å². The molecule has 0 unspecified atom stereocenters. The fraction of sp³-hybridized carbons (Fsp3) is 0.217. The Morgan fingerprint density at radius 2 is 1.82 bits per heavy atom. The summed E-state index contributed by atoms with van der Waals surface area (Å²) in [6.07, 6.45) is 1.27. The molecule has 34 heavy (non-hydrogen) atoms. The molecule has 1 aliphatic rings. The summed E-state index contributed by atoms with van der Waals surface area (Å²) in [6, 6.07) is 7.84. The summed E-state index contributed by atoms with van der Waals surface area (Å²) in [6.45, 7) is 3.11. The highest BCUT2D eigenvalue weighted by Crippen LogP contribution is 2.38. The van der Waals surface area contributed by atoms with Crippen molar-refractivity contribution >= 4 is 23.5 Å². The Morgan fingerprint density at radius 3 is 2.50 bits per heavy atom. The van der Waals surface area contributed by atoms with Gasteiger partial charge >= 0.3 is 5.97 Å². The van der Waals surface area contributed by atoms with Crippen molar-refractivity contribution in [2.24, 2.45) is 0 Å². The molecule has 1 aromatic heterocycles. The first-order chi connectivity index (χ1) is 16.3. The zero-order chi connectivity index (χ0) is 24.4. The molecule has 0 aliphatic carbocycles. The van der Waals surface area contributed by atoms with E-state index >= 15 is 0 Å². The number of rotatable bonds is 6. The van der Waals surface area contributed by atoms with Gasteiger partial charge in [0.2, 0.25) is 11.9 Å². The molecule has 8 nitrogen and oxygen atoms in total. The van der Waals surface area contributed by atoms with Crippen LogP contribution in [0, 0.1) is 17.5 Å². The molecule has 0 fully saturated rings. The van der Waals surface area contributed by atoms with Gasteiger partial charge in [-0.25, -0.2) is 22.6 Å². The predicted octanol–water partition coefficient (Wildman–Crippen LogP) is 3.58. The fourth-order valence-corrected chi connectivity index (χ4v) is 3.76. The maximum Gasteiger partial charge on any atom is 0.338 e. The molecule has 1 aliphatic heterocycles. The molecule has 0 saturated heterocycles. The van der Waals surface area contributed by atoms with E-state index in [4.69, 9.17) is 4.74 Å². The average molecular weight is 471 g/mol. The number of nitrogens with one attached hydrogen (secondary N) is 1. The molecule has 176 valence electrons. The van der Waals surface area contributed by atoms with Gasteiger partial charge in [-0.15, -0.1) is 0 Å². The second-order valence-corrected chi connectivity index (χ2v) is 7.44. The lowest BCUT2D eigenvalue weighted by atomic mass is 9.95. The Labute approximate surface area is 192 Å². The van der Waals surface area contributed by atoms with Crippen LogP contribution >= 0.6 is 0 Å². The lowest BCUT2D eigenvalue weighted by Crippen LogP contribution is -2.40. The molecule has 11 heteroatoms. The van der Waals surface area contributed by atoms with Gasteiger partial charge in [0.05, 0.1) is 12.2 Å². The van der Waals surface area contributed by atoms with Crippen LogP contribution in [0.15, 0.2) is 60.1 Å². The van der Waals surface area contributed by atoms with E-state index in [1.807, 2.05) is 0 Å². The van der Waals surface area contributed by atoms with Crippen LogP contribution in [0.1, 0.15) is 25.5 Å². The summed E-state index contributed by atoms with van der Waals surface area (Å²) in [4.78, 5) is 31.4. The second kappa shape index (κ2) is 9.38. The Morgan fingerprint density at radius 1 is 1.09 bits per heavy atom. The zero-order valence-corrected chi connectivity index (χ0v) is 18.3. The Bertz CT molecular complexity index is 1270. The third-order valence-electron chi connectivity index (χ3n) is 5.29. The van der Waals surface area contributed by atoms with Crippen LogP contribution in [0.5, 0.6) is 0 Å². The number of fused-ring (bicyclic) bond motifs is 1. The largest absolute Gasteiger partial charge is 0.463 e. The van der Waals surface area contributed by atoms with Gasteiger partial charge < -0.3 is 15.0 Å². The first kappa shape index (κ1) is 23.0. The predicted molar refractivity (Wildman–Crippen MR) is 116 cm³/mol. The summed E-state index contributed by atoms with van der Waals surface area (Å²) in [7, 11) is 0. The number of benzene rings is 2. The van der Waals surface area contributed by atoms with Crippen molar-refractivity contribution in [3.05, 3.63) is 83.1 Å². The quantitative estimate of drug-likeness (QED) is 0.553. The SMILES string of the molecule is CCOC(=O)C1=C(C)N(CC(=O)Nc2ccc(F)c(F)c2)c2ncnn2[C@H]1c1ccc(F)cc1. The van der Waals surface area contributed by atoms with E-state index in [1.54, 1.807) is 13.8 Å². The summed E-state index contributed by atoms with van der Waals surface area (Å²) in [5, 5.41) is 6.73. The molecule has 3 aromatic rings. The number of esters is 1. The molecular formula is C23H20F3N5O3. The lowest BCUT2D eigenvalue weighted by molar-refractivity contribution is -0.139. The monoisotopic (exact) mass is 471 g/mol. The minimum atomic E-state index is -1.10. The van der Waals surface area contributed by atoms with E-state index in [-0.39, 0.29) is 30.4 Å². The van der Waals surface area contributed by atoms with Crippen LogP contribution in [0.25, 0.3) is 0 Å². The highest BCUT2D eigenvalue weighted by atomic mass is 19.2. The number of nitrogens with zero attached hydrogens (tertiary/aromatic N) is 4. The minimum absolute atomic E-state index is 0.0683. The van der Waals surface area contributed by atoms with Crippen LogP contribution in [0.3, 0.4) is 0 Å². The molecule has 1 amide bonds. The summed E-state index contributed by atoms with van der Waals surface area (Å²) in [5.74, 6) is -3.50. The van der Waals surface area contributed by atoms with E-state index in [9.17, 15) is 22.8 Å². The molecule has 0 spiro atoms. The van der Waals surface area contributed by atoms with Gasteiger partial charge in [0, 0.05) is 17.5 Å². The molecule has 2 heterocycles. The van der Waals surface area contributed by atoms with Crippen molar-refractivity contribution < 1.29 is 27.5 Å². The van der Waals surface area contributed by atoms with Crippen molar-refractivity contribution in [2.75, 3.05) is 23.4 Å². The van der Waals surface area contributed by atoms with Crippen LogP contribution < -0.4 is 10.2 Å². The van der Waals surface area contributed by atoms with E-state index in [1.165, 1.54) is 46.2 Å². The standard InChI is InChI=1S/C23H20F3N5O3/c1-3-34-22(33)20-13(2)30(11-19(32)29-16-8-9-17(25)18(26)10-16)23-27-12-28-31(23)21(20)14-4-6-15(24)7-5-14/h4-10,12,21H,3,11H2,1-2H3,(H,29,32)/t21-/m0/s1. The molecule has 2 aromatic carbocycles.